The molecule has 1 heterocycles. The van der Waals surface area contributed by atoms with Gasteiger partial charge in [0.05, 0.1) is 12.7 Å². The largest absolute Gasteiger partial charge is 0.374 e. The van der Waals surface area contributed by atoms with Crippen LogP contribution in [0.3, 0.4) is 0 Å². The molecule has 1 fully saturated rings. The monoisotopic (exact) mass is 306 g/mol. The van der Waals surface area contributed by atoms with Gasteiger partial charge in [0, 0.05) is 26.7 Å². The lowest BCUT2D eigenvalue weighted by molar-refractivity contribution is 0.0206. The molecule has 1 atom stereocenters. The maximum atomic E-state index is 13.6. The minimum absolute atomic E-state index is 0.0747. The van der Waals surface area contributed by atoms with Gasteiger partial charge < -0.3 is 10.1 Å². The van der Waals surface area contributed by atoms with E-state index in [0.29, 0.717) is 25.8 Å². The molecule has 0 aromatic heterocycles. The van der Waals surface area contributed by atoms with Crippen LogP contribution in [0, 0.1) is 11.6 Å². The third kappa shape index (κ3) is 3.32. The van der Waals surface area contributed by atoms with Gasteiger partial charge in [0.25, 0.3) is 0 Å². The quantitative estimate of drug-likeness (QED) is 0.884. The van der Waals surface area contributed by atoms with Crippen molar-refractivity contribution in [1.82, 2.24) is 9.62 Å². The molecule has 1 N–H and O–H groups in total. The zero-order valence-electron chi connectivity index (χ0n) is 11.0. The molecule has 0 saturated carbocycles. The van der Waals surface area contributed by atoms with Crippen molar-refractivity contribution >= 4 is 10.0 Å². The van der Waals surface area contributed by atoms with Gasteiger partial charge in [-0.1, -0.05) is 0 Å². The molecule has 1 unspecified atom stereocenters. The molecule has 5 nitrogen and oxygen atoms in total. The first kappa shape index (κ1) is 15.3. The molecule has 8 heteroatoms. The van der Waals surface area contributed by atoms with Crippen LogP contribution in [0.15, 0.2) is 23.1 Å². The van der Waals surface area contributed by atoms with E-state index in [2.05, 4.69) is 5.32 Å². The van der Waals surface area contributed by atoms with Crippen molar-refractivity contribution in [1.29, 1.82) is 0 Å². The van der Waals surface area contributed by atoms with Crippen molar-refractivity contribution < 1.29 is 21.9 Å². The summed E-state index contributed by atoms with van der Waals surface area (Å²) >= 11 is 0. The molecule has 0 amide bonds. The third-order valence-corrected chi connectivity index (χ3v) is 4.88. The Kier molecular flexibility index (Phi) is 4.69. The van der Waals surface area contributed by atoms with Gasteiger partial charge in [0.15, 0.2) is 0 Å². The van der Waals surface area contributed by atoms with E-state index in [0.717, 1.165) is 16.4 Å². The Bertz CT molecular complexity index is 574. The van der Waals surface area contributed by atoms with Crippen molar-refractivity contribution in [2.45, 2.75) is 11.0 Å². The summed E-state index contributed by atoms with van der Waals surface area (Å²) in [5.74, 6) is -1.77. The summed E-state index contributed by atoms with van der Waals surface area (Å²) in [4.78, 5) is -0.663. The van der Waals surface area contributed by atoms with Crippen molar-refractivity contribution in [2.75, 3.05) is 33.3 Å². The molecule has 2 rings (SSSR count). The Hall–Kier alpha value is -1.09. The van der Waals surface area contributed by atoms with Gasteiger partial charge in [-0.2, -0.15) is 4.31 Å². The summed E-state index contributed by atoms with van der Waals surface area (Å²) in [6, 6.07) is 2.36. The van der Waals surface area contributed by atoms with E-state index >= 15 is 0 Å². The minimum atomic E-state index is -4.08. The second-order valence-corrected chi connectivity index (χ2v) is 6.57. The average molecular weight is 306 g/mol. The van der Waals surface area contributed by atoms with Crippen molar-refractivity contribution in [2.24, 2.45) is 0 Å². The number of hydrogen-bond donors (Lipinski definition) is 1. The molecule has 0 bridgehead atoms. The van der Waals surface area contributed by atoms with Gasteiger partial charge in [-0.15, -0.1) is 0 Å². The number of ether oxygens (including phenoxy) is 1. The Morgan fingerprint density at radius 1 is 1.45 bits per heavy atom. The van der Waals surface area contributed by atoms with Crippen LogP contribution in [-0.4, -0.2) is 52.1 Å². The van der Waals surface area contributed by atoms with E-state index < -0.39 is 26.6 Å². The van der Waals surface area contributed by atoms with Gasteiger partial charge in [0.2, 0.25) is 10.0 Å². The highest BCUT2D eigenvalue weighted by Crippen LogP contribution is 2.20. The predicted molar refractivity (Wildman–Crippen MR) is 68.8 cm³/mol. The molecule has 1 aliphatic rings. The van der Waals surface area contributed by atoms with Crippen molar-refractivity contribution in [3.8, 4) is 0 Å². The zero-order chi connectivity index (χ0) is 14.8. The van der Waals surface area contributed by atoms with Crippen LogP contribution in [0.2, 0.25) is 0 Å². The first-order valence-electron chi connectivity index (χ1n) is 6.15. The molecule has 1 saturated heterocycles. The van der Waals surface area contributed by atoms with Gasteiger partial charge in [0.1, 0.15) is 16.5 Å². The molecule has 0 spiro atoms. The van der Waals surface area contributed by atoms with Crippen LogP contribution in [0.4, 0.5) is 8.78 Å². The second kappa shape index (κ2) is 6.13. The van der Waals surface area contributed by atoms with Gasteiger partial charge in [-0.05, 0) is 18.2 Å². The van der Waals surface area contributed by atoms with Crippen LogP contribution < -0.4 is 5.32 Å². The highest BCUT2D eigenvalue weighted by molar-refractivity contribution is 7.89. The summed E-state index contributed by atoms with van der Waals surface area (Å²) in [6.07, 6.45) is -0.305. The Morgan fingerprint density at radius 3 is 2.85 bits per heavy atom. The van der Waals surface area contributed by atoms with E-state index in [1.807, 2.05) is 0 Å². The summed E-state index contributed by atoms with van der Waals surface area (Å²) in [5.41, 5.74) is 0. The van der Waals surface area contributed by atoms with Crippen LogP contribution in [0.1, 0.15) is 0 Å². The number of likely N-dealkylation sites (N-methyl/N-ethyl adjacent to an activating group) is 1. The summed E-state index contributed by atoms with van der Waals surface area (Å²) in [6.45, 7) is 1.80. The Morgan fingerprint density at radius 2 is 2.20 bits per heavy atom. The molecule has 0 aliphatic carbocycles. The van der Waals surface area contributed by atoms with Crippen molar-refractivity contribution in [3.05, 3.63) is 29.8 Å². The Labute approximate surface area is 116 Å². The Balaban J connectivity index is 2.18. The van der Waals surface area contributed by atoms with Crippen molar-refractivity contribution in [3.63, 3.8) is 0 Å². The number of sulfonamides is 1. The summed E-state index contributed by atoms with van der Waals surface area (Å²) in [7, 11) is -2.76. The highest BCUT2D eigenvalue weighted by Gasteiger charge is 2.28. The van der Waals surface area contributed by atoms with Gasteiger partial charge in [-0.3, -0.25) is 0 Å². The number of halogens is 2. The molecular weight excluding hydrogens is 290 g/mol. The third-order valence-electron chi connectivity index (χ3n) is 3.05. The molecule has 112 valence electrons. The molecule has 0 radical (unpaired) electrons. The van der Waals surface area contributed by atoms with E-state index in [9.17, 15) is 17.2 Å². The highest BCUT2D eigenvalue weighted by atomic mass is 32.2. The predicted octanol–water partition coefficient (Wildman–Crippen LogP) is 0.574. The fourth-order valence-electron chi connectivity index (χ4n) is 1.96. The summed E-state index contributed by atoms with van der Waals surface area (Å²) < 4.78 is 57.5. The van der Waals surface area contributed by atoms with Crippen LogP contribution in [0.5, 0.6) is 0 Å². The van der Waals surface area contributed by atoms with Gasteiger partial charge in [-0.25, -0.2) is 17.2 Å². The zero-order valence-corrected chi connectivity index (χ0v) is 11.8. The standard InChI is InChI=1S/C12H16F2N2O3S/c1-16(8-10-7-15-4-5-19-10)20(17,18)12-6-9(13)2-3-11(12)14/h2-3,6,10,15H,4-5,7-8H2,1H3. The van der Waals surface area contributed by atoms with Gasteiger partial charge >= 0.3 is 0 Å². The van der Waals surface area contributed by atoms with E-state index in [1.165, 1.54) is 7.05 Å². The van der Waals surface area contributed by atoms with E-state index in [4.69, 9.17) is 4.74 Å². The minimum Gasteiger partial charge on any atom is -0.374 e. The van der Waals surface area contributed by atoms with Crippen LogP contribution in [0.25, 0.3) is 0 Å². The number of benzene rings is 1. The van der Waals surface area contributed by atoms with E-state index in [-0.39, 0.29) is 12.6 Å². The normalized spacial score (nSPS) is 20.3. The smallest absolute Gasteiger partial charge is 0.245 e. The maximum absolute atomic E-state index is 13.6. The second-order valence-electron chi connectivity index (χ2n) is 4.56. The number of morpholine rings is 1. The molecule has 1 aromatic carbocycles. The number of nitrogens with one attached hydrogen (secondary N) is 1. The van der Waals surface area contributed by atoms with Crippen LogP contribution in [-0.2, 0) is 14.8 Å². The first-order chi connectivity index (χ1) is 9.41. The average Bonchev–Trinajstić information content (AvgIpc) is 2.42. The summed E-state index contributed by atoms with van der Waals surface area (Å²) in [5, 5.41) is 3.07. The molecular formula is C12H16F2N2O3S. The topological polar surface area (TPSA) is 58.6 Å². The van der Waals surface area contributed by atoms with E-state index in [1.54, 1.807) is 0 Å². The fourth-order valence-corrected chi connectivity index (χ4v) is 3.24. The maximum Gasteiger partial charge on any atom is 0.245 e. The SMILES string of the molecule is CN(CC1CNCCO1)S(=O)(=O)c1cc(F)ccc1F. The molecule has 1 aliphatic heterocycles. The lowest BCUT2D eigenvalue weighted by Gasteiger charge is -2.27. The lowest BCUT2D eigenvalue weighted by Crippen LogP contribution is -2.45. The van der Waals surface area contributed by atoms with Crippen LogP contribution >= 0.6 is 0 Å². The number of rotatable bonds is 4. The molecule has 20 heavy (non-hydrogen) atoms. The first-order valence-corrected chi connectivity index (χ1v) is 7.59. The fraction of sp³-hybridized carbons (Fsp3) is 0.500. The molecule has 1 aromatic rings. The number of hydrogen-bond acceptors (Lipinski definition) is 4. The number of nitrogens with zero attached hydrogens (tertiary/aromatic N) is 1. The lowest BCUT2D eigenvalue weighted by atomic mass is 10.3.